The molecule has 0 saturated carbocycles. The molecule has 5 rings (SSSR count). The predicted molar refractivity (Wildman–Crippen MR) is 137 cm³/mol. The highest BCUT2D eigenvalue weighted by molar-refractivity contribution is 6.17. The van der Waals surface area contributed by atoms with Gasteiger partial charge >= 0.3 is 5.97 Å². The van der Waals surface area contributed by atoms with Crippen molar-refractivity contribution >= 4 is 50.4 Å². The van der Waals surface area contributed by atoms with Gasteiger partial charge in [0, 0.05) is 17.2 Å². The molecule has 0 aliphatic carbocycles. The summed E-state index contributed by atoms with van der Waals surface area (Å²) in [5.41, 5.74) is -2.83. The van der Waals surface area contributed by atoms with Crippen LogP contribution in [0.15, 0.2) is 55.0 Å². The number of Topliss-reactive ketones (excluding diaryl/α,β-unsaturated/α-hetero) is 2. The molecule has 0 aliphatic rings. The number of fused-ring (bicyclic) bond motifs is 3. The van der Waals surface area contributed by atoms with Crippen LogP contribution < -0.4 is 10.9 Å². The van der Waals surface area contributed by atoms with Crippen LogP contribution in [0, 0.1) is 6.92 Å². The molecule has 38 heavy (non-hydrogen) atoms. The van der Waals surface area contributed by atoms with Gasteiger partial charge in [-0.2, -0.15) is 0 Å². The average Bonchev–Trinajstić information content (AvgIpc) is 2.84. The summed E-state index contributed by atoms with van der Waals surface area (Å²) >= 11 is 0. The van der Waals surface area contributed by atoms with Crippen LogP contribution in [0.5, 0.6) is 11.5 Å². The SMILES string of the molecule is CC(=O)c1cc2c(=O)c3cc(O)c(O)cc3oc2c(C(C)=O)c1-c1coc2ccc(C)c(C(=O)O)c2c1=O. The molecule has 0 unspecified atom stereocenters. The normalized spacial score (nSPS) is 11.3. The topological polar surface area (TPSA) is 172 Å². The van der Waals surface area contributed by atoms with Crippen molar-refractivity contribution in [2.45, 2.75) is 20.8 Å². The zero-order valence-corrected chi connectivity index (χ0v) is 20.2. The molecule has 0 aliphatic heterocycles. The molecule has 2 heterocycles. The van der Waals surface area contributed by atoms with E-state index in [1.165, 1.54) is 32.0 Å². The summed E-state index contributed by atoms with van der Waals surface area (Å²) in [5.74, 6) is -3.77. The molecule has 0 atom stereocenters. The van der Waals surface area contributed by atoms with E-state index in [0.29, 0.717) is 5.56 Å². The van der Waals surface area contributed by atoms with E-state index in [4.69, 9.17) is 8.83 Å². The number of hydrogen-bond acceptors (Lipinski definition) is 9. The molecule has 0 saturated heterocycles. The minimum atomic E-state index is -1.37. The third-order valence-electron chi connectivity index (χ3n) is 6.42. The first-order valence-corrected chi connectivity index (χ1v) is 11.2. The lowest BCUT2D eigenvalue weighted by molar-refractivity contribution is 0.0697. The second-order valence-electron chi connectivity index (χ2n) is 8.85. The Morgan fingerprint density at radius 3 is 2.13 bits per heavy atom. The van der Waals surface area contributed by atoms with Gasteiger partial charge in [0.1, 0.15) is 23.0 Å². The fraction of sp³-hybridized carbons (Fsp3) is 0.107. The van der Waals surface area contributed by atoms with Crippen molar-refractivity contribution in [3.63, 3.8) is 0 Å². The fourth-order valence-electron chi connectivity index (χ4n) is 4.68. The molecule has 10 heteroatoms. The van der Waals surface area contributed by atoms with Crippen LogP contribution in [0.1, 0.15) is 50.5 Å². The second kappa shape index (κ2) is 8.41. The minimum Gasteiger partial charge on any atom is -0.504 e. The number of hydrogen-bond donors (Lipinski definition) is 3. The van der Waals surface area contributed by atoms with Gasteiger partial charge in [0.15, 0.2) is 23.1 Å². The maximum atomic E-state index is 13.8. The van der Waals surface area contributed by atoms with E-state index >= 15 is 0 Å². The van der Waals surface area contributed by atoms with E-state index < -0.39 is 39.9 Å². The lowest BCUT2D eigenvalue weighted by atomic mass is 9.88. The number of aromatic hydroxyl groups is 2. The number of phenolic OH excluding ortho intramolecular Hbond substituents is 2. The molecular formula is C28H18O10. The number of rotatable bonds is 4. The van der Waals surface area contributed by atoms with Crippen LogP contribution >= 0.6 is 0 Å². The highest BCUT2D eigenvalue weighted by Gasteiger charge is 2.28. The number of ketones is 2. The Labute approximate surface area is 212 Å². The first-order chi connectivity index (χ1) is 17.9. The lowest BCUT2D eigenvalue weighted by Crippen LogP contribution is -2.16. The highest BCUT2D eigenvalue weighted by Crippen LogP contribution is 2.37. The van der Waals surface area contributed by atoms with Gasteiger partial charge < -0.3 is 24.2 Å². The van der Waals surface area contributed by atoms with Crippen molar-refractivity contribution in [2.24, 2.45) is 0 Å². The number of benzene rings is 3. The van der Waals surface area contributed by atoms with Crippen LogP contribution in [-0.2, 0) is 0 Å². The predicted octanol–water partition coefficient (Wildman–Crippen LogP) is 4.54. The standard InChI is InChI=1S/C28H18O10/c1-10-4-5-19-24(21(10)28(35)36)26(34)16(9-37-19)23-13(11(2)29)6-15-25(33)14-7-17(31)18(32)8-20(14)38-27(15)22(23)12(3)30/h4-9,31-32H,1-3H3,(H,35,36). The summed E-state index contributed by atoms with van der Waals surface area (Å²) in [6, 6.07) is 6.10. The monoisotopic (exact) mass is 514 g/mol. The van der Waals surface area contributed by atoms with Gasteiger partial charge in [-0.05, 0) is 44.5 Å². The molecule has 3 aromatic carbocycles. The first kappa shape index (κ1) is 24.4. The van der Waals surface area contributed by atoms with E-state index in [9.17, 15) is 39.3 Å². The number of phenols is 2. The zero-order chi connectivity index (χ0) is 27.6. The third-order valence-corrected chi connectivity index (χ3v) is 6.42. The van der Waals surface area contributed by atoms with Crippen LogP contribution in [0.3, 0.4) is 0 Å². The molecule has 10 nitrogen and oxygen atoms in total. The van der Waals surface area contributed by atoms with E-state index in [-0.39, 0.29) is 60.7 Å². The van der Waals surface area contributed by atoms with Crippen molar-refractivity contribution in [1.29, 1.82) is 0 Å². The zero-order valence-electron chi connectivity index (χ0n) is 20.2. The number of carbonyl (C=O) groups is 3. The molecule has 5 aromatic rings. The van der Waals surface area contributed by atoms with Gasteiger partial charge in [0.05, 0.1) is 32.8 Å². The number of aromatic carboxylic acids is 1. The maximum Gasteiger partial charge on any atom is 0.336 e. The molecule has 0 spiro atoms. The second-order valence-corrected chi connectivity index (χ2v) is 8.85. The molecule has 190 valence electrons. The van der Waals surface area contributed by atoms with Crippen LogP contribution in [0.4, 0.5) is 0 Å². The average molecular weight is 514 g/mol. The van der Waals surface area contributed by atoms with Gasteiger partial charge in [-0.1, -0.05) is 6.07 Å². The first-order valence-electron chi connectivity index (χ1n) is 11.2. The Morgan fingerprint density at radius 1 is 0.816 bits per heavy atom. The molecule has 0 bridgehead atoms. The summed E-state index contributed by atoms with van der Waals surface area (Å²) in [6.07, 6.45) is 1.02. The van der Waals surface area contributed by atoms with Crippen molar-refractivity contribution < 1.29 is 38.5 Å². The smallest absolute Gasteiger partial charge is 0.336 e. The van der Waals surface area contributed by atoms with Crippen molar-refractivity contribution in [1.82, 2.24) is 0 Å². The van der Waals surface area contributed by atoms with Gasteiger partial charge in [-0.3, -0.25) is 19.2 Å². The maximum absolute atomic E-state index is 13.8. The quantitative estimate of drug-likeness (QED) is 0.175. The highest BCUT2D eigenvalue weighted by atomic mass is 16.4. The fourth-order valence-corrected chi connectivity index (χ4v) is 4.68. The Morgan fingerprint density at radius 2 is 1.50 bits per heavy atom. The number of carbonyl (C=O) groups excluding carboxylic acids is 2. The molecule has 0 amide bonds. The van der Waals surface area contributed by atoms with Crippen molar-refractivity contribution in [3.8, 4) is 22.6 Å². The van der Waals surface area contributed by atoms with E-state index in [2.05, 4.69) is 0 Å². The molecule has 2 aromatic heterocycles. The minimum absolute atomic E-state index is 0.0101. The van der Waals surface area contributed by atoms with E-state index in [1.54, 1.807) is 0 Å². The molecular weight excluding hydrogens is 496 g/mol. The number of carboxylic acid groups (broad SMARTS) is 1. The van der Waals surface area contributed by atoms with Crippen molar-refractivity contribution in [3.05, 3.63) is 79.3 Å². The third kappa shape index (κ3) is 3.46. The lowest BCUT2D eigenvalue weighted by Gasteiger charge is -2.15. The van der Waals surface area contributed by atoms with E-state index in [0.717, 1.165) is 25.3 Å². The van der Waals surface area contributed by atoms with Gasteiger partial charge in [0.25, 0.3) is 0 Å². The molecule has 0 radical (unpaired) electrons. The summed E-state index contributed by atoms with van der Waals surface area (Å²) < 4.78 is 11.4. The Bertz CT molecular complexity index is 2020. The van der Waals surface area contributed by atoms with Gasteiger partial charge in [-0.15, -0.1) is 0 Å². The molecule has 3 N–H and O–H groups in total. The Balaban J connectivity index is 2.04. The Kier molecular flexibility index (Phi) is 5.41. The summed E-state index contributed by atoms with van der Waals surface area (Å²) in [6.45, 7) is 3.84. The largest absolute Gasteiger partial charge is 0.504 e. The van der Waals surface area contributed by atoms with Gasteiger partial charge in [-0.25, -0.2) is 4.79 Å². The summed E-state index contributed by atoms with van der Waals surface area (Å²) in [7, 11) is 0. The summed E-state index contributed by atoms with van der Waals surface area (Å²) in [5, 5.41) is 29.0. The summed E-state index contributed by atoms with van der Waals surface area (Å²) in [4.78, 5) is 64.9. The number of carboxylic acids is 1. The van der Waals surface area contributed by atoms with E-state index in [1.807, 2.05) is 0 Å². The van der Waals surface area contributed by atoms with Crippen LogP contribution in [0.25, 0.3) is 44.0 Å². The van der Waals surface area contributed by atoms with Crippen LogP contribution in [0.2, 0.25) is 0 Å². The Hall–Kier alpha value is -5.25. The van der Waals surface area contributed by atoms with Gasteiger partial charge in [0.2, 0.25) is 10.9 Å². The molecule has 0 fully saturated rings. The number of aryl methyl sites for hydroxylation is 1. The van der Waals surface area contributed by atoms with Crippen molar-refractivity contribution in [2.75, 3.05) is 0 Å². The van der Waals surface area contributed by atoms with Crippen LogP contribution in [-0.4, -0.2) is 32.9 Å².